The van der Waals surface area contributed by atoms with Crippen LogP contribution >= 0.6 is 0 Å². The van der Waals surface area contributed by atoms with E-state index in [1.54, 1.807) is 0 Å². The van der Waals surface area contributed by atoms with Gasteiger partial charge in [-0.1, -0.05) is 18.9 Å². The lowest BCUT2D eigenvalue weighted by Gasteiger charge is -2.25. The van der Waals surface area contributed by atoms with E-state index in [-0.39, 0.29) is 0 Å². The highest BCUT2D eigenvalue weighted by Crippen LogP contribution is 2.36. The van der Waals surface area contributed by atoms with Gasteiger partial charge >= 0.3 is 12.4 Å². The van der Waals surface area contributed by atoms with E-state index in [9.17, 15) is 26.3 Å². The molecule has 6 heteroatoms. The first-order chi connectivity index (χ1) is 7.12. The van der Waals surface area contributed by atoms with E-state index in [2.05, 4.69) is 0 Å². The van der Waals surface area contributed by atoms with Gasteiger partial charge in [-0.3, -0.25) is 0 Å². The van der Waals surface area contributed by atoms with Gasteiger partial charge in [0.15, 0.2) is 0 Å². The molecule has 0 heterocycles. The third-order valence-electron chi connectivity index (χ3n) is 2.05. The molecule has 0 nitrogen and oxygen atoms in total. The number of halogens is 6. The van der Waals surface area contributed by atoms with Crippen LogP contribution in [0.5, 0.6) is 0 Å². The van der Waals surface area contributed by atoms with E-state index in [1.807, 2.05) is 0 Å². The SMILES string of the molecule is C[C-](c1cccc(C(F)(F)F)c1)C(F)(F)F. The zero-order valence-corrected chi connectivity index (χ0v) is 8.08. The van der Waals surface area contributed by atoms with Crippen LogP contribution in [0.1, 0.15) is 18.1 Å². The molecule has 0 radical (unpaired) electrons. The van der Waals surface area contributed by atoms with Crippen molar-refractivity contribution in [3.05, 3.63) is 41.3 Å². The molecule has 0 aliphatic carbocycles. The molecule has 90 valence electrons. The summed E-state index contributed by atoms with van der Waals surface area (Å²) in [5.74, 6) is -1.04. The van der Waals surface area contributed by atoms with Gasteiger partial charge in [0, 0.05) is 0 Å². The highest BCUT2D eigenvalue weighted by atomic mass is 19.4. The van der Waals surface area contributed by atoms with Gasteiger partial charge in [-0.25, -0.2) is 0 Å². The number of rotatable bonds is 1. The summed E-state index contributed by atoms with van der Waals surface area (Å²) < 4.78 is 73.4. The molecule has 1 rings (SSSR count). The first kappa shape index (κ1) is 12.7. The minimum Gasteiger partial charge on any atom is -0.180 e. The van der Waals surface area contributed by atoms with Crippen LogP contribution < -0.4 is 0 Å². The fourth-order valence-electron chi connectivity index (χ4n) is 1.09. The second-order valence-electron chi connectivity index (χ2n) is 3.20. The molecular formula is C10H7F6-. The summed E-state index contributed by atoms with van der Waals surface area (Å²) in [6.45, 7) is 0.746. The van der Waals surface area contributed by atoms with Crippen LogP contribution in [-0.4, -0.2) is 6.18 Å². The second kappa shape index (κ2) is 3.92. The molecule has 0 amide bonds. The Hall–Kier alpha value is -1.33. The maximum atomic E-state index is 12.2. The van der Waals surface area contributed by atoms with Gasteiger partial charge in [-0.15, -0.1) is 6.07 Å². The lowest BCUT2D eigenvalue weighted by atomic mass is 9.98. The lowest BCUT2D eigenvalue weighted by Crippen LogP contribution is -2.19. The Bertz CT molecular complexity index is 362. The van der Waals surface area contributed by atoms with Gasteiger partial charge in [0.1, 0.15) is 0 Å². The fraction of sp³-hybridized carbons (Fsp3) is 0.300. The molecule has 0 spiro atoms. The predicted octanol–water partition coefficient (Wildman–Crippen LogP) is 4.21. The highest BCUT2D eigenvalue weighted by molar-refractivity contribution is 5.36. The van der Waals surface area contributed by atoms with E-state index in [0.717, 1.165) is 25.1 Å². The molecule has 0 N–H and O–H groups in total. The molecule has 0 atom stereocenters. The predicted molar refractivity (Wildman–Crippen MR) is 45.5 cm³/mol. The summed E-state index contributed by atoms with van der Waals surface area (Å²) in [4.78, 5) is 0. The summed E-state index contributed by atoms with van der Waals surface area (Å²) in [5, 5.41) is 0. The molecule has 0 unspecified atom stereocenters. The van der Waals surface area contributed by atoms with Gasteiger partial charge < -0.3 is 0 Å². The first-order valence-electron chi connectivity index (χ1n) is 4.21. The average molecular weight is 241 g/mol. The van der Waals surface area contributed by atoms with E-state index < -0.39 is 29.4 Å². The van der Waals surface area contributed by atoms with E-state index in [0.29, 0.717) is 6.07 Å². The summed E-state index contributed by atoms with van der Waals surface area (Å²) in [5.41, 5.74) is -1.56. The largest absolute Gasteiger partial charge is 0.405 e. The Labute approximate surface area is 87.9 Å². The molecule has 0 bridgehead atoms. The van der Waals surface area contributed by atoms with Gasteiger partial charge in [-0.05, 0) is 5.56 Å². The van der Waals surface area contributed by atoms with Crippen molar-refractivity contribution in [2.45, 2.75) is 19.3 Å². The molecule has 1 aromatic rings. The minimum absolute atomic E-state index is 0.470. The summed E-state index contributed by atoms with van der Waals surface area (Å²) in [7, 11) is 0. The van der Waals surface area contributed by atoms with Gasteiger partial charge in [-0.2, -0.15) is 44.0 Å². The smallest absolute Gasteiger partial charge is 0.180 e. The molecule has 0 saturated heterocycles. The van der Waals surface area contributed by atoms with Crippen LogP contribution in [-0.2, 0) is 6.18 Å². The average Bonchev–Trinajstić information content (AvgIpc) is 2.14. The number of hydrogen-bond donors (Lipinski definition) is 0. The van der Waals surface area contributed by atoms with Crippen molar-refractivity contribution >= 4 is 0 Å². The van der Waals surface area contributed by atoms with Crippen LogP contribution in [0.15, 0.2) is 24.3 Å². The van der Waals surface area contributed by atoms with Crippen molar-refractivity contribution in [2.75, 3.05) is 0 Å². The molecule has 16 heavy (non-hydrogen) atoms. The van der Waals surface area contributed by atoms with Crippen molar-refractivity contribution in [2.24, 2.45) is 0 Å². The summed E-state index contributed by atoms with van der Waals surface area (Å²) in [6, 6.07) is 3.17. The Balaban J connectivity index is 3.09. The molecular weight excluding hydrogens is 234 g/mol. The summed E-state index contributed by atoms with van der Waals surface area (Å²) in [6.07, 6.45) is -9.26. The maximum absolute atomic E-state index is 12.2. The lowest BCUT2D eigenvalue weighted by molar-refractivity contribution is -0.137. The van der Waals surface area contributed by atoms with Crippen LogP contribution in [0.4, 0.5) is 26.3 Å². The standard InChI is InChI=1S/C10H7F6/c1-6(9(11,12)13)7-3-2-4-8(5-7)10(14,15)16/h2-5H,1H3/q-1. The zero-order chi connectivity index (χ0) is 12.6. The highest BCUT2D eigenvalue weighted by Gasteiger charge is 2.32. The van der Waals surface area contributed by atoms with Gasteiger partial charge in [0.05, 0.1) is 0 Å². The van der Waals surface area contributed by atoms with Crippen molar-refractivity contribution < 1.29 is 26.3 Å². The monoisotopic (exact) mass is 241 g/mol. The minimum atomic E-state index is -4.64. The Morgan fingerprint density at radius 2 is 1.56 bits per heavy atom. The fourth-order valence-corrected chi connectivity index (χ4v) is 1.09. The van der Waals surface area contributed by atoms with Crippen LogP contribution in [0, 0.1) is 5.92 Å². The van der Waals surface area contributed by atoms with E-state index in [1.165, 1.54) is 0 Å². The zero-order valence-electron chi connectivity index (χ0n) is 8.08. The van der Waals surface area contributed by atoms with Crippen molar-refractivity contribution in [3.63, 3.8) is 0 Å². The van der Waals surface area contributed by atoms with E-state index in [4.69, 9.17) is 0 Å². The Morgan fingerprint density at radius 3 is 2.00 bits per heavy atom. The van der Waals surface area contributed by atoms with E-state index >= 15 is 0 Å². The molecule has 0 fully saturated rings. The molecule has 0 aliphatic rings. The van der Waals surface area contributed by atoms with Crippen LogP contribution in [0.25, 0.3) is 0 Å². The Kier molecular flexibility index (Phi) is 3.12. The maximum Gasteiger partial charge on any atom is 0.405 e. The quantitative estimate of drug-likeness (QED) is 0.510. The van der Waals surface area contributed by atoms with Crippen LogP contribution in [0.2, 0.25) is 0 Å². The van der Waals surface area contributed by atoms with Crippen molar-refractivity contribution in [1.29, 1.82) is 0 Å². The van der Waals surface area contributed by atoms with Crippen LogP contribution in [0.3, 0.4) is 0 Å². The van der Waals surface area contributed by atoms with Gasteiger partial charge in [0.2, 0.25) is 0 Å². The van der Waals surface area contributed by atoms with Crippen molar-refractivity contribution in [3.8, 4) is 0 Å². The third kappa shape index (κ3) is 2.84. The molecule has 0 saturated carbocycles. The summed E-state index contributed by atoms with van der Waals surface area (Å²) >= 11 is 0. The number of hydrogen-bond acceptors (Lipinski definition) is 0. The number of alkyl halides is 6. The molecule has 0 aromatic heterocycles. The Morgan fingerprint density at radius 1 is 1.00 bits per heavy atom. The second-order valence-corrected chi connectivity index (χ2v) is 3.20. The molecule has 0 aliphatic heterocycles. The topological polar surface area (TPSA) is 0 Å². The van der Waals surface area contributed by atoms with Crippen molar-refractivity contribution in [1.82, 2.24) is 0 Å². The first-order valence-corrected chi connectivity index (χ1v) is 4.21. The number of benzene rings is 1. The van der Waals surface area contributed by atoms with Gasteiger partial charge in [0.25, 0.3) is 0 Å². The normalized spacial score (nSPS) is 12.7. The molecule has 1 aromatic carbocycles. The third-order valence-corrected chi connectivity index (χ3v) is 2.05.